The highest BCUT2D eigenvalue weighted by molar-refractivity contribution is 6.77. The molecule has 0 aliphatic heterocycles. The first-order valence-electron chi connectivity index (χ1n) is 7.64. The summed E-state index contributed by atoms with van der Waals surface area (Å²) in [7, 11) is -1.84. The van der Waals surface area contributed by atoms with Crippen molar-refractivity contribution in [3.63, 3.8) is 0 Å². The van der Waals surface area contributed by atoms with Gasteiger partial charge in [0.1, 0.15) is 0 Å². The molecule has 114 valence electrons. The maximum absolute atomic E-state index is 10.2. The minimum Gasteiger partial charge on any atom is -0.413 e. The highest BCUT2D eigenvalue weighted by atomic mass is 28.4. The Bertz CT molecular complexity index is 250. The first kappa shape index (κ1) is 18.9. The van der Waals surface area contributed by atoms with Crippen LogP contribution in [0.25, 0.3) is 0 Å². The van der Waals surface area contributed by atoms with Crippen LogP contribution in [-0.4, -0.2) is 26.1 Å². The molecule has 0 amide bonds. The molecule has 0 aliphatic carbocycles. The van der Waals surface area contributed by atoms with E-state index in [1.165, 1.54) is 0 Å². The summed E-state index contributed by atoms with van der Waals surface area (Å²) in [6.07, 6.45) is 3.63. The van der Waals surface area contributed by atoms with Crippen molar-refractivity contribution < 1.29 is 9.53 Å². The lowest BCUT2D eigenvalue weighted by molar-refractivity contribution is 0.0710. The average molecular weight is 287 g/mol. The molecule has 0 aromatic carbocycles. The van der Waals surface area contributed by atoms with Crippen molar-refractivity contribution in [3.8, 4) is 0 Å². The van der Waals surface area contributed by atoms with Crippen LogP contribution in [0, 0.1) is 5.92 Å². The Labute approximate surface area is 121 Å². The zero-order chi connectivity index (χ0) is 15.2. The molecule has 0 spiro atoms. The second-order valence-electron chi connectivity index (χ2n) is 6.58. The van der Waals surface area contributed by atoms with Crippen molar-refractivity contribution in [2.75, 3.05) is 6.61 Å². The Hall–Kier alpha value is -0.123. The zero-order valence-electron chi connectivity index (χ0n) is 14.1. The van der Waals surface area contributed by atoms with Gasteiger partial charge in [-0.2, -0.15) is 0 Å². The topological polar surface area (TPSA) is 29.5 Å². The van der Waals surface area contributed by atoms with E-state index in [9.17, 15) is 5.11 Å². The van der Waals surface area contributed by atoms with Crippen LogP contribution in [0.2, 0.25) is 16.6 Å². The Balaban J connectivity index is 4.86. The van der Waals surface area contributed by atoms with Gasteiger partial charge in [-0.3, -0.25) is 0 Å². The summed E-state index contributed by atoms with van der Waals surface area (Å²) in [5.41, 5.74) is 1.70. The molecule has 0 aliphatic rings. The third-order valence-corrected chi connectivity index (χ3v) is 10.4. The molecule has 0 saturated carbocycles. The van der Waals surface area contributed by atoms with E-state index in [-0.39, 0.29) is 5.92 Å². The fraction of sp³-hybridized carbons (Fsp3) is 0.875. The fourth-order valence-corrected chi connectivity index (χ4v) is 8.77. The van der Waals surface area contributed by atoms with Crippen molar-refractivity contribution in [3.05, 3.63) is 12.2 Å². The van der Waals surface area contributed by atoms with E-state index in [4.69, 9.17) is 4.43 Å². The van der Waals surface area contributed by atoms with Gasteiger partial charge in [-0.15, -0.1) is 0 Å². The maximum Gasteiger partial charge on any atom is 0.200 e. The highest BCUT2D eigenvalue weighted by Crippen LogP contribution is 2.42. The molecule has 2 nitrogen and oxygen atoms in total. The molecule has 2 atom stereocenters. The van der Waals surface area contributed by atoms with E-state index in [1.54, 1.807) is 0 Å². The molecule has 0 rings (SSSR count). The van der Waals surface area contributed by atoms with Gasteiger partial charge in [-0.25, -0.2) is 0 Å². The normalized spacial score (nSPS) is 16.8. The van der Waals surface area contributed by atoms with Crippen molar-refractivity contribution in [2.45, 2.75) is 78.1 Å². The smallest absolute Gasteiger partial charge is 0.200 e. The predicted octanol–water partition coefficient (Wildman–Crippen LogP) is 4.75. The predicted molar refractivity (Wildman–Crippen MR) is 87.0 cm³/mol. The first-order chi connectivity index (χ1) is 8.70. The quantitative estimate of drug-likeness (QED) is 0.515. The van der Waals surface area contributed by atoms with Crippen LogP contribution in [0.1, 0.15) is 55.4 Å². The summed E-state index contributed by atoms with van der Waals surface area (Å²) in [5, 5.41) is 10.2. The van der Waals surface area contributed by atoms with Gasteiger partial charge in [-0.05, 0) is 23.5 Å². The van der Waals surface area contributed by atoms with Crippen molar-refractivity contribution in [1.29, 1.82) is 0 Å². The van der Waals surface area contributed by atoms with Crippen LogP contribution in [0.5, 0.6) is 0 Å². The monoisotopic (exact) mass is 286 g/mol. The molecule has 0 radical (unpaired) electrons. The molecule has 0 aromatic heterocycles. The number of allylic oxidation sites excluding steroid dienone is 1. The van der Waals surface area contributed by atoms with Gasteiger partial charge in [0.05, 0.1) is 12.7 Å². The second kappa shape index (κ2) is 8.23. The molecule has 0 heterocycles. The summed E-state index contributed by atoms with van der Waals surface area (Å²) in [4.78, 5) is 0. The molecule has 0 aromatic rings. The number of rotatable bonds is 8. The summed E-state index contributed by atoms with van der Waals surface area (Å²) < 4.78 is 6.40. The van der Waals surface area contributed by atoms with Gasteiger partial charge in [0.15, 0.2) is 8.32 Å². The molecular formula is C16H34O2Si. The minimum absolute atomic E-state index is 0.156. The maximum atomic E-state index is 10.2. The van der Waals surface area contributed by atoms with Crippen LogP contribution in [0.4, 0.5) is 0 Å². The SMILES string of the molecule is C/C=C/[C@H](C)[C@H](O)CO[Si](C(C)C)(C(C)C)C(C)C. The molecule has 0 unspecified atom stereocenters. The molecule has 19 heavy (non-hydrogen) atoms. The third kappa shape index (κ3) is 4.73. The van der Waals surface area contributed by atoms with Crippen molar-refractivity contribution in [1.82, 2.24) is 0 Å². The summed E-state index contributed by atoms with van der Waals surface area (Å²) in [6.45, 7) is 18.1. The Morgan fingerprint density at radius 3 is 1.68 bits per heavy atom. The number of aliphatic hydroxyl groups is 1. The second-order valence-corrected chi connectivity index (χ2v) is 12.0. The van der Waals surface area contributed by atoms with Gasteiger partial charge in [0.25, 0.3) is 0 Å². The number of aliphatic hydroxyl groups excluding tert-OH is 1. The third-order valence-electron chi connectivity index (χ3n) is 4.31. The summed E-state index contributed by atoms with van der Waals surface area (Å²) in [6, 6.07) is 0. The Kier molecular flexibility index (Phi) is 8.17. The lowest BCUT2D eigenvalue weighted by Crippen LogP contribution is -2.49. The van der Waals surface area contributed by atoms with Gasteiger partial charge in [-0.1, -0.05) is 60.6 Å². The van der Waals surface area contributed by atoms with E-state index in [2.05, 4.69) is 41.5 Å². The van der Waals surface area contributed by atoms with Crippen molar-refractivity contribution >= 4 is 8.32 Å². The van der Waals surface area contributed by atoms with Crippen LogP contribution >= 0.6 is 0 Å². The fourth-order valence-electron chi connectivity index (χ4n) is 3.31. The van der Waals surface area contributed by atoms with Crippen LogP contribution < -0.4 is 0 Å². The molecule has 0 fully saturated rings. The minimum atomic E-state index is -1.84. The van der Waals surface area contributed by atoms with E-state index in [0.717, 1.165) is 0 Å². The number of hydrogen-bond acceptors (Lipinski definition) is 2. The van der Waals surface area contributed by atoms with Crippen LogP contribution in [-0.2, 0) is 4.43 Å². The molecule has 0 bridgehead atoms. The molecule has 0 saturated heterocycles. The Morgan fingerprint density at radius 1 is 0.947 bits per heavy atom. The van der Waals surface area contributed by atoms with Crippen molar-refractivity contribution in [2.24, 2.45) is 5.92 Å². The van der Waals surface area contributed by atoms with Gasteiger partial charge >= 0.3 is 0 Å². The lowest BCUT2D eigenvalue weighted by Gasteiger charge is -2.42. The lowest BCUT2D eigenvalue weighted by atomic mass is 10.1. The first-order valence-corrected chi connectivity index (χ1v) is 9.78. The van der Waals surface area contributed by atoms with E-state index >= 15 is 0 Å². The molecular weight excluding hydrogens is 252 g/mol. The van der Waals surface area contributed by atoms with Gasteiger partial charge in [0.2, 0.25) is 0 Å². The largest absolute Gasteiger partial charge is 0.413 e. The summed E-state index contributed by atoms with van der Waals surface area (Å²) >= 11 is 0. The van der Waals surface area contributed by atoms with Crippen LogP contribution in [0.3, 0.4) is 0 Å². The average Bonchev–Trinajstić information content (AvgIpc) is 2.28. The zero-order valence-corrected chi connectivity index (χ0v) is 15.1. The van der Waals surface area contributed by atoms with Crippen LogP contribution in [0.15, 0.2) is 12.2 Å². The standard InChI is InChI=1S/C16H34O2Si/c1-9-10-15(8)16(17)11-18-19(12(2)3,13(4)5)14(6)7/h9-10,12-17H,11H2,1-8H3/b10-9+/t15-,16+/m0/s1. The van der Waals surface area contributed by atoms with E-state index in [1.807, 2.05) is 26.0 Å². The van der Waals surface area contributed by atoms with E-state index in [0.29, 0.717) is 23.2 Å². The summed E-state index contributed by atoms with van der Waals surface area (Å²) in [5.74, 6) is 0.156. The van der Waals surface area contributed by atoms with E-state index < -0.39 is 14.4 Å². The molecule has 3 heteroatoms. The molecule has 1 N–H and O–H groups in total. The van der Waals surface area contributed by atoms with Gasteiger partial charge in [0, 0.05) is 5.92 Å². The Morgan fingerprint density at radius 2 is 1.37 bits per heavy atom. The number of hydrogen-bond donors (Lipinski definition) is 1. The van der Waals surface area contributed by atoms with Gasteiger partial charge < -0.3 is 9.53 Å². The highest BCUT2D eigenvalue weighted by Gasteiger charge is 2.45.